The van der Waals surface area contributed by atoms with Crippen molar-refractivity contribution in [2.75, 3.05) is 55.0 Å². The summed E-state index contributed by atoms with van der Waals surface area (Å²) in [5.41, 5.74) is 6.67. The molecule has 1 aliphatic rings. The van der Waals surface area contributed by atoms with E-state index in [2.05, 4.69) is 52.2 Å². The van der Waals surface area contributed by atoms with Crippen molar-refractivity contribution >= 4 is 24.1 Å². The van der Waals surface area contributed by atoms with Crippen molar-refractivity contribution in [3.63, 3.8) is 0 Å². The van der Waals surface area contributed by atoms with Gasteiger partial charge in [-0.05, 0) is 56.7 Å². The molecule has 55 heavy (non-hydrogen) atoms. The molecule has 0 spiro atoms. The van der Waals surface area contributed by atoms with Gasteiger partial charge in [0.05, 0.1) is 43.3 Å². The largest absolute Gasteiger partial charge is 0.379 e. The standard InChI is InChI=1S/C28H54N4O5.C10H14N2O.C3H8.C2H6/c1-12-20(6)26(31(9)24(34)17-29-28(35)25(18(2)3)30(7)8)22(36-10)16-23(33)32-15-13-14-21(32)27(37-11)19(4)5;11-7-10(12-8-13)6-9-4-2-1-3-5-9;1-3-2;1-2/h18-22,25-27H,12-17H2,1-11H3,(H,29,35);1-5,8,10H,6-7,11H2,(H,12,13);3H2,1-2H3;1-2H3. The SMILES string of the molecule is CC.CCC.CCC(C)C(C(CC(=O)N1CCCC1C(OC)C(C)C)OC)N(C)C(=O)CNC(=O)C(C(C)C)N(C)C.NCC(Cc1ccccc1)NC=O. The van der Waals surface area contributed by atoms with Crippen LogP contribution in [0.5, 0.6) is 0 Å². The summed E-state index contributed by atoms with van der Waals surface area (Å²) in [4.78, 5) is 55.1. The number of likely N-dealkylation sites (N-methyl/N-ethyl adjacent to an activating group) is 2. The number of methoxy groups -OCH3 is 2. The van der Waals surface area contributed by atoms with E-state index in [1.807, 2.05) is 81.9 Å². The molecule has 0 aromatic heterocycles. The molecule has 1 heterocycles. The molecule has 1 aliphatic heterocycles. The van der Waals surface area contributed by atoms with Gasteiger partial charge in [0, 0.05) is 40.4 Å². The maximum absolute atomic E-state index is 13.5. The minimum Gasteiger partial charge on any atom is -0.379 e. The lowest BCUT2D eigenvalue weighted by molar-refractivity contribution is -0.144. The zero-order valence-corrected chi connectivity index (χ0v) is 37.4. The van der Waals surface area contributed by atoms with Gasteiger partial charge in [0.2, 0.25) is 24.1 Å². The number of hydrogen-bond acceptors (Lipinski definition) is 8. The van der Waals surface area contributed by atoms with E-state index in [0.29, 0.717) is 25.4 Å². The van der Waals surface area contributed by atoms with Crippen LogP contribution in [0.2, 0.25) is 0 Å². The van der Waals surface area contributed by atoms with Gasteiger partial charge in [0.1, 0.15) is 0 Å². The van der Waals surface area contributed by atoms with Crippen molar-refractivity contribution in [3.05, 3.63) is 35.9 Å². The van der Waals surface area contributed by atoms with Crippen molar-refractivity contribution in [1.82, 2.24) is 25.3 Å². The van der Waals surface area contributed by atoms with Crippen molar-refractivity contribution in [2.24, 2.45) is 23.5 Å². The number of carbonyl (C=O) groups excluding carboxylic acids is 4. The minimum absolute atomic E-state index is 0.0116. The third-order valence-electron chi connectivity index (χ3n) is 9.84. The van der Waals surface area contributed by atoms with Crippen LogP contribution in [0.4, 0.5) is 0 Å². The lowest BCUT2D eigenvalue weighted by atomic mass is 9.90. The van der Waals surface area contributed by atoms with Gasteiger partial charge in [-0.1, -0.05) is 112 Å². The lowest BCUT2D eigenvalue weighted by Gasteiger charge is -2.39. The average molecular weight is 779 g/mol. The Balaban J connectivity index is 0. The second-order valence-electron chi connectivity index (χ2n) is 15.1. The molecule has 2 rings (SSSR count). The van der Waals surface area contributed by atoms with Crippen LogP contribution in [0.15, 0.2) is 30.3 Å². The van der Waals surface area contributed by atoms with Crippen LogP contribution in [0.3, 0.4) is 0 Å². The molecule has 0 radical (unpaired) electrons. The Morgan fingerprint density at radius 3 is 1.98 bits per heavy atom. The molecule has 12 nitrogen and oxygen atoms in total. The van der Waals surface area contributed by atoms with Crippen LogP contribution in [0.25, 0.3) is 0 Å². The summed E-state index contributed by atoms with van der Waals surface area (Å²) in [7, 11) is 8.78. The highest BCUT2D eigenvalue weighted by atomic mass is 16.5. The quantitative estimate of drug-likeness (QED) is 0.150. The third kappa shape index (κ3) is 19.6. The van der Waals surface area contributed by atoms with E-state index in [1.165, 1.54) is 12.0 Å². The highest BCUT2D eigenvalue weighted by molar-refractivity contribution is 5.87. The van der Waals surface area contributed by atoms with Crippen molar-refractivity contribution in [1.29, 1.82) is 0 Å². The number of benzene rings is 1. The number of rotatable bonds is 20. The molecule has 7 unspecified atom stereocenters. The first-order valence-corrected chi connectivity index (χ1v) is 20.6. The second-order valence-corrected chi connectivity index (χ2v) is 15.1. The zero-order chi connectivity index (χ0) is 42.7. The summed E-state index contributed by atoms with van der Waals surface area (Å²) in [5.74, 6) is 0.180. The fraction of sp³-hybridized carbons (Fsp3) is 0.767. The molecule has 320 valence electrons. The number of carbonyl (C=O) groups is 4. The van der Waals surface area contributed by atoms with E-state index in [4.69, 9.17) is 15.2 Å². The fourth-order valence-electron chi connectivity index (χ4n) is 7.09. The number of nitrogens with two attached hydrogens (primary N) is 1. The Bertz CT molecular complexity index is 1150. The molecule has 1 aromatic carbocycles. The molecular weight excluding hydrogens is 697 g/mol. The number of ether oxygens (including phenoxy) is 2. The van der Waals surface area contributed by atoms with E-state index >= 15 is 0 Å². The van der Waals surface area contributed by atoms with Crippen LogP contribution >= 0.6 is 0 Å². The smallest absolute Gasteiger partial charge is 0.242 e. The fourth-order valence-corrected chi connectivity index (χ4v) is 7.09. The van der Waals surface area contributed by atoms with Crippen LogP contribution in [-0.2, 0) is 35.1 Å². The third-order valence-corrected chi connectivity index (χ3v) is 9.84. The van der Waals surface area contributed by atoms with E-state index in [9.17, 15) is 19.2 Å². The Morgan fingerprint density at radius 2 is 1.55 bits per heavy atom. The summed E-state index contributed by atoms with van der Waals surface area (Å²) in [6.45, 7) is 21.7. The molecule has 0 saturated carbocycles. The molecule has 4 N–H and O–H groups in total. The van der Waals surface area contributed by atoms with Gasteiger partial charge in [0.25, 0.3) is 0 Å². The number of hydrogen-bond donors (Lipinski definition) is 3. The van der Waals surface area contributed by atoms with Gasteiger partial charge in [-0.2, -0.15) is 0 Å². The van der Waals surface area contributed by atoms with Crippen molar-refractivity contribution in [3.8, 4) is 0 Å². The highest BCUT2D eigenvalue weighted by Gasteiger charge is 2.40. The molecular formula is C43H82N6O6. The van der Waals surface area contributed by atoms with Gasteiger partial charge in [-0.3, -0.25) is 24.1 Å². The first-order valence-electron chi connectivity index (χ1n) is 20.6. The molecule has 1 aromatic rings. The summed E-state index contributed by atoms with van der Waals surface area (Å²) in [6.07, 6.45) is 5.16. The number of nitrogens with one attached hydrogen (secondary N) is 2. The Labute approximate surface area is 336 Å². The van der Waals surface area contributed by atoms with Gasteiger partial charge >= 0.3 is 0 Å². The van der Waals surface area contributed by atoms with Crippen LogP contribution in [-0.4, -0.2) is 130 Å². The molecule has 0 aliphatic carbocycles. The monoisotopic (exact) mass is 779 g/mol. The first-order chi connectivity index (χ1) is 26.1. The lowest BCUT2D eigenvalue weighted by Crippen LogP contribution is -2.55. The summed E-state index contributed by atoms with van der Waals surface area (Å²) in [6, 6.07) is 9.44. The van der Waals surface area contributed by atoms with Crippen LogP contribution < -0.4 is 16.4 Å². The van der Waals surface area contributed by atoms with Gasteiger partial charge in [-0.25, -0.2) is 0 Å². The summed E-state index contributed by atoms with van der Waals surface area (Å²) in [5, 5.41) is 5.49. The Morgan fingerprint density at radius 1 is 0.964 bits per heavy atom. The average Bonchev–Trinajstić information content (AvgIpc) is 3.64. The first kappa shape index (κ1) is 54.0. The molecule has 1 fully saturated rings. The number of likely N-dealkylation sites (tertiary alicyclic amines) is 1. The molecule has 7 atom stereocenters. The van der Waals surface area contributed by atoms with Gasteiger partial charge in [-0.15, -0.1) is 0 Å². The normalized spacial score (nSPS) is 16.9. The predicted molar refractivity (Wildman–Crippen MR) is 227 cm³/mol. The van der Waals surface area contributed by atoms with Crippen molar-refractivity contribution in [2.45, 2.75) is 144 Å². The highest BCUT2D eigenvalue weighted by Crippen LogP contribution is 2.29. The molecule has 4 amide bonds. The second kappa shape index (κ2) is 31.1. The Hall–Kier alpha value is -3.06. The Kier molecular flexibility index (Phi) is 30.5. The minimum atomic E-state index is -0.460. The van der Waals surface area contributed by atoms with E-state index in [0.717, 1.165) is 25.7 Å². The molecule has 1 saturated heterocycles. The number of nitrogens with zero attached hydrogens (tertiary/aromatic N) is 3. The van der Waals surface area contributed by atoms with Crippen LogP contribution in [0.1, 0.15) is 107 Å². The topological polar surface area (TPSA) is 147 Å². The summed E-state index contributed by atoms with van der Waals surface area (Å²) >= 11 is 0. The van der Waals surface area contributed by atoms with E-state index in [-0.39, 0.29) is 72.8 Å². The maximum Gasteiger partial charge on any atom is 0.242 e. The zero-order valence-electron chi connectivity index (χ0n) is 37.4. The van der Waals surface area contributed by atoms with Gasteiger partial charge < -0.3 is 35.6 Å². The maximum atomic E-state index is 13.5. The summed E-state index contributed by atoms with van der Waals surface area (Å²) < 4.78 is 11.6. The molecule has 12 heteroatoms. The van der Waals surface area contributed by atoms with Gasteiger partial charge in [0.15, 0.2) is 0 Å². The van der Waals surface area contributed by atoms with E-state index < -0.39 is 6.10 Å². The predicted octanol–water partition coefficient (Wildman–Crippen LogP) is 5.37. The number of amides is 4. The van der Waals surface area contributed by atoms with E-state index in [1.54, 1.807) is 26.2 Å². The van der Waals surface area contributed by atoms with Crippen LogP contribution in [0, 0.1) is 17.8 Å². The molecule has 0 bridgehead atoms. The van der Waals surface area contributed by atoms with Crippen molar-refractivity contribution < 1.29 is 28.7 Å².